The molecule has 0 unspecified atom stereocenters. The first-order valence-electron chi connectivity index (χ1n) is 6.85. The molecular formula is C15H22N2O2. The molecule has 2 rings (SSSR count). The van der Waals surface area contributed by atoms with Crippen molar-refractivity contribution < 1.29 is 9.15 Å². The molecule has 0 aliphatic heterocycles. The molecular weight excluding hydrogens is 240 g/mol. The highest BCUT2D eigenvalue weighted by atomic mass is 16.5. The summed E-state index contributed by atoms with van der Waals surface area (Å²) in [5, 5.41) is 1.00. The van der Waals surface area contributed by atoms with E-state index >= 15 is 0 Å². The standard InChI is InChI=1S/C15H22N2O2/c1-3-17(4-2)9-10-18-15-12-7-5-6-8-13(12)19-14(15)11-16/h5-8H,3-4,9-11,16H2,1-2H3. The van der Waals surface area contributed by atoms with Gasteiger partial charge in [0, 0.05) is 6.54 Å². The summed E-state index contributed by atoms with van der Waals surface area (Å²) in [6, 6.07) is 7.87. The van der Waals surface area contributed by atoms with Crippen LogP contribution in [0.25, 0.3) is 11.0 Å². The number of likely N-dealkylation sites (N-methyl/N-ethyl adjacent to an activating group) is 1. The summed E-state index contributed by atoms with van der Waals surface area (Å²) < 4.78 is 11.6. The normalized spacial score (nSPS) is 11.4. The van der Waals surface area contributed by atoms with Crippen LogP contribution in [0.4, 0.5) is 0 Å². The molecule has 1 aromatic heterocycles. The number of fused-ring (bicyclic) bond motifs is 1. The first-order chi connectivity index (χ1) is 9.30. The molecule has 0 radical (unpaired) electrons. The van der Waals surface area contributed by atoms with E-state index in [1.165, 1.54) is 0 Å². The zero-order valence-corrected chi connectivity index (χ0v) is 11.7. The molecule has 2 aromatic rings. The molecule has 4 heteroatoms. The molecule has 1 heterocycles. The highest BCUT2D eigenvalue weighted by Gasteiger charge is 2.14. The summed E-state index contributed by atoms with van der Waals surface area (Å²) in [7, 11) is 0. The second-order valence-corrected chi connectivity index (χ2v) is 4.43. The molecule has 2 N–H and O–H groups in total. The second-order valence-electron chi connectivity index (χ2n) is 4.43. The van der Waals surface area contributed by atoms with E-state index in [4.69, 9.17) is 14.9 Å². The predicted octanol–water partition coefficient (Wildman–Crippen LogP) is 2.61. The third-order valence-electron chi connectivity index (χ3n) is 3.35. The topological polar surface area (TPSA) is 51.6 Å². The highest BCUT2D eigenvalue weighted by Crippen LogP contribution is 2.32. The first-order valence-corrected chi connectivity index (χ1v) is 6.85. The van der Waals surface area contributed by atoms with Gasteiger partial charge in [-0.15, -0.1) is 0 Å². The van der Waals surface area contributed by atoms with Gasteiger partial charge < -0.3 is 19.8 Å². The maximum atomic E-state index is 5.90. The van der Waals surface area contributed by atoms with Crippen molar-refractivity contribution in [1.82, 2.24) is 4.90 Å². The van der Waals surface area contributed by atoms with Gasteiger partial charge in [0.05, 0.1) is 11.9 Å². The van der Waals surface area contributed by atoms with Gasteiger partial charge in [-0.1, -0.05) is 26.0 Å². The Hall–Kier alpha value is -1.52. The second kappa shape index (κ2) is 6.59. The Morgan fingerprint density at radius 1 is 1.21 bits per heavy atom. The lowest BCUT2D eigenvalue weighted by Crippen LogP contribution is -2.28. The van der Waals surface area contributed by atoms with Crippen molar-refractivity contribution in [3.8, 4) is 5.75 Å². The molecule has 4 nitrogen and oxygen atoms in total. The summed E-state index contributed by atoms with van der Waals surface area (Å²) in [5.41, 5.74) is 6.55. The van der Waals surface area contributed by atoms with Crippen molar-refractivity contribution in [2.75, 3.05) is 26.2 Å². The average molecular weight is 262 g/mol. The first kappa shape index (κ1) is 13.9. The number of nitrogens with zero attached hydrogens (tertiary/aromatic N) is 1. The van der Waals surface area contributed by atoms with Crippen LogP contribution in [0, 0.1) is 0 Å². The number of rotatable bonds is 7. The minimum Gasteiger partial charge on any atom is -0.488 e. The fraction of sp³-hybridized carbons (Fsp3) is 0.467. The van der Waals surface area contributed by atoms with Gasteiger partial charge in [0.2, 0.25) is 0 Å². The number of hydrogen-bond acceptors (Lipinski definition) is 4. The van der Waals surface area contributed by atoms with E-state index in [1.54, 1.807) is 0 Å². The van der Waals surface area contributed by atoms with Gasteiger partial charge in [0.15, 0.2) is 11.5 Å². The van der Waals surface area contributed by atoms with Crippen LogP contribution in [0.3, 0.4) is 0 Å². The summed E-state index contributed by atoms with van der Waals surface area (Å²) in [6.07, 6.45) is 0. The molecule has 104 valence electrons. The van der Waals surface area contributed by atoms with Crippen molar-refractivity contribution in [2.24, 2.45) is 5.73 Å². The van der Waals surface area contributed by atoms with Gasteiger partial charge in [0.25, 0.3) is 0 Å². The highest BCUT2D eigenvalue weighted by molar-refractivity contribution is 5.85. The summed E-state index contributed by atoms with van der Waals surface area (Å²) in [5.74, 6) is 1.52. The van der Waals surface area contributed by atoms with E-state index in [1.807, 2.05) is 24.3 Å². The van der Waals surface area contributed by atoms with E-state index < -0.39 is 0 Å². The molecule has 0 aliphatic carbocycles. The van der Waals surface area contributed by atoms with Crippen molar-refractivity contribution >= 4 is 11.0 Å². The minimum atomic E-state index is 0.356. The van der Waals surface area contributed by atoms with Crippen LogP contribution in [0.5, 0.6) is 5.75 Å². The number of benzene rings is 1. The zero-order chi connectivity index (χ0) is 13.7. The van der Waals surface area contributed by atoms with Crippen LogP contribution in [-0.2, 0) is 6.54 Å². The molecule has 0 amide bonds. The van der Waals surface area contributed by atoms with E-state index in [2.05, 4.69) is 18.7 Å². The largest absolute Gasteiger partial charge is 0.488 e. The van der Waals surface area contributed by atoms with Crippen LogP contribution in [-0.4, -0.2) is 31.1 Å². The van der Waals surface area contributed by atoms with E-state index in [9.17, 15) is 0 Å². The van der Waals surface area contributed by atoms with Crippen molar-refractivity contribution in [3.63, 3.8) is 0 Å². The number of hydrogen-bond donors (Lipinski definition) is 1. The number of ether oxygens (including phenoxy) is 1. The molecule has 0 saturated carbocycles. The smallest absolute Gasteiger partial charge is 0.169 e. The van der Waals surface area contributed by atoms with Gasteiger partial charge >= 0.3 is 0 Å². The molecule has 0 atom stereocenters. The van der Waals surface area contributed by atoms with Crippen LogP contribution in [0.1, 0.15) is 19.6 Å². The lowest BCUT2D eigenvalue weighted by Gasteiger charge is -2.17. The predicted molar refractivity (Wildman–Crippen MR) is 77.4 cm³/mol. The monoisotopic (exact) mass is 262 g/mol. The van der Waals surface area contributed by atoms with Gasteiger partial charge in [-0.3, -0.25) is 0 Å². The van der Waals surface area contributed by atoms with Crippen molar-refractivity contribution in [2.45, 2.75) is 20.4 Å². The lowest BCUT2D eigenvalue weighted by molar-refractivity contribution is 0.221. The molecule has 0 saturated heterocycles. The molecule has 0 bridgehead atoms. The number of nitrogens with two attached hydrogens (primary N) is 1. The fourth-order valence-electron chi connectivity index (χ4n) is 2.18. The number of para-hydroxylation sites is 1. The summed E-state index contributed by atoms with van der Waals surface area (Å²) in [6.45, 7) is 8.31. The fourth-order valence-corrected chi connectivity index (χ4v) is 2.18. The Morgan fingerprint density at radius 2 is 1.95 bits per heavy atom. The van der Waals surface area contributed by atoms with Gasteiger partial charge in [-0.25, -0.2) is 0 Å². The third kappa shape index (κ3) is 3.08. The summed E-state index contributed by atoms with van der Waals surface area (Å²) in [4.78, 5) is 2.32. The Labute approximate surface area is 114 Å². The molecule has 19 heavy (non-hydrogen) atoms. The molecule has 0 aliphatic rings. The van der Waals surface area contributed by atoms with E-state index in [-0.39, 0.29) is 0 Å². The average Bonchev–Trinajstić information content (AvgIpc) is 2.82. The Bertz CT molecular complexity index is 518. The maximum absolute atomic E-state index is 5.90. The van der Waals surface area contributed by atoms with Crippen molar-refractivity contribution in [3.05, 3.63) is 30.0 Å². The molecule has 0 spiro atoms. The van der Waals surface area contributed by atoms with Crippen molar-refractivity contribution in [1.29, 1.82) is 0 Å². The van der Waals surface area contributed by atoms with Crippen LogP contribution in [0.2, 0.25) is 0 Å². The molecule has 0 fully saturated rings. The zero-order valence-electron chi connectivity index (χ0n) is 11.7. The Kier molecular flexibility index (Phi) is 4.82. The van der Waals surface area contributed by atoms with Gasteiger partial charge in [0.1, 0.15) is 12.2 Å². The Balaban J connectivity index is 2.10. The van der Waals surface area contributed by atoms with E-state index in [0.717, 1.165) is 42.1 Å². The van der Waals surface area contributed by atoms with Gasteiger partial charge in [-0.05, 0) is 25.2 Å². The maximum Gasteiger partial charge on any atom is 0.169 e. The lowest BCUT2D eigenvalue weighted by atomic mass is 10.2. The summed E-state index contributed by atoms with van der Waals surface area (Å²) >= 11 is 0. The number of furan rings is 1. The SMILES string of the molecule is CCN(CC)CCOc1c(CN)oc2ccccc12. The quantitative estimate of drug-likeness (QED) is 0.833. The van der Waals surface area contributed by atoms with E-state index in [0.29, 0.717) is 13.2 Å². The third-order valence-corrected chi connectivity index (χ3v) is 3.35. The Morgan fingerprint density at radius 3 is 2.63 bits per heavy atom. The van der Waals surface area contributed by atoms with Gasteiger partial charge in [-0.2, -0.15) is 0 Å². The van der Waals surface area contributed by atoms with Crippen LogP contribution < -0.4 is 10.5 Å². The van der Waals surface area contributed by atoms with Crippen LogP contribution in [0.15, 0.2) is 28.7 Å². The minimum absolute atomic E-state index is 0.356. The molecule has 1 aromatic carbocycles. The van der Waals surface area contributed by atoms with Crippen LogP contribution >= 0.6 is 0 Å².